The van der Waals surface area contributed by atoms with Crippen molar-refractivity contribution in [2.24, 2.45) is 0 Å². The zero-order chi connectivity index (χ0) is 38.1. The third-order valence-corrected chi connectivity index (χ3v) is 12.0. The average molecular weight is 727 g/mol. The topological polar surface area (TPSA) is 25.8 Å². The van der Waals surface area contributed by atoms with E-state index >= 15 is 0 Å². The molecule has 1 aromatic heterocycles. The lowest BCUT2D eigenvalue weighted by Crippen LogP contribution is -2.18. The lowest BCUT2D eigenvalue weighted by molar-refractivity contribution is 0.664. The number of aromatic nitrogens is 2. The van der Waals surface area contributed by atoms with Gasteiger partial charge < -0.3 is 0 Å². The van der Waals surface area contributed by atoms with Gasteiger partial charge in [-0.1, -0.05) is 196 Å². The van der Waals surface area contributed by atoms with E-state index < -0.39 is 0 Å². The molecule has 1 heterocycles. The molecule has 0 atom stereocenters. The molecular weight excluding hydrogens is 689 g/mol. The van der Waals surface area contributed by atoms with E-state index in [9.17, 15) is 0 Å². The number of rotatable bonds is 5. The second-order valence-corrected chi connectivity index (χ2v) is 15.7. The fourth-order valence-electron chi connectivity index (χ4n) is 9.35. The van der Waals surface area contributed by atoms with Crippen LogP contribution >= 0.6 is 0 Å². The standard InChI is InChI=1S/C55H38N2/c1-55(2)50-47-27-11-9-25-45(47)44-24-8-10-26-46(44)49(50)53-51(55)52(56-54(57-53)48-28-14-18-38-17-6-7-23-43(38)48)42-22-13-21-41(34-42)40-20-12-19-39(33-40)37-31-29-36(30-32-37)35-15-4-3-5-16-35/h3-34H,1-2H3. The molecule has 0 unspecified atom stereocenters. The van der Waals surface area contributed by atoms with E-state index in [-0.39, 0.29) is 5.41 Å². The molecule has 0 N–H and O–H groups in total. The molecular formula is C55H38N2. The Kier molecular flexibility index (Phi) is 7.55. The summed E-state index contributed by atoms with van der Waals surface area (Å²) in [5.41, 5.74) is 14.6. The first-order valence-corrected chi connectivity index (χ1v) is 19.7. The Hall–Kier alpha value is -7.16. The van der Waals surface area contributed by atoms with Crippen molar-refractivity contribution in [3.8, 4) is 67.3 Å². The summed E-state index contributed by atoms with van der Waals surface area (Å²) < 4.78 is 0. The molecule has 10 aromatic rings. The van der Waals surface area contributed by atoms with Gasteiger partial charge >= 0.3 is 0 Å². The summed E-state index contributed by atoms with van der Waals surface area (Å²) >= 11 is 0. The molecule has 268 valence electrons. The Morgan fingerprint density at radius 2 is 0.789 bits per heavy atom. The Balaban J connectivity index is 1.11. The highest BCUT2D eigenvalue weighted by atomic mass is 14.9. The summed E-state index contributed by atoms with van der Waals surface area (Å²) in [6.07, 6.45) is 0. The maximum absolute atomic E-state index is 5.60. The maximum Gasteiger partial charge on any atom is 0.161 e. The van der Waals surface area contributed by atoms with Gasteiger partial charge in [-0.2, -0.15) is 0 Å². The third kappa shape index (κ3) is 5.33. The van der Waals surface area contributed by atoms with Crippen LogP contribution in [0.5, 0.6) is 0 Å². The summed E-state index contributed by atoms with van der Waals surface area (Å²) in [7, 11) is 0. The molecule has 0 radical (unpaired) electrons. The van der Waals surface area contributed by atoms with Crippen LogP contribution in [0.3, 0.4) is 0 Å². The minimum Gasteiger partial charge on any atom is -0.228 e. The molecule has 2 nitrogen and oxygen atoms in total. The molecule has 0 spiro atoms. The second-order valence-electron chi connectivity index (χ2n) is 15.7. The van der Waals surface area contributed by atoms with Crippen molar-refractivity contribution in [1.29, 1.82) is 0 Å². The van der Waals surface area contributed by atoms with Crippen molar-refractivity contribution in [2.75, 3.05) is 0 Å². The Bertz CT molecular complexity index is 3190. The molecule has 0 saturated carbocycles. The molecule has 2 heteroatoms. The Labute approximate surface area is 332 Å². The van der Waals surface area contributed by atoms with E-state index in [4.69, 9.17) is 9.97 Å². The average Bonchev–Trinajstić information content (AvgIpc) is 3.53. The number of fused-ring (bicyclic) bond motifs is 9. The van der Waals surface area contributed by atoms with Crippen molar-refractivity contribution >= 4 is 32.3 Å². The molecule has 11 rings (SSSR count). The number of nitrogens with zero attached hydrogens (tertiary/aromatic N) is 2. The molecule has 0 fully saturated rings. The predicted molar refractivity (Wildman–Crippen MR) is 239 cm³/mol. The Morgan fingerprint density at radius 3 is 1.51 bits per heavy atom. The highest BCUT2D eigenvalue weighted by Crippen LogP contribution is 2.56. The zero-order valence-electron chi connectivity index (χ0n) is 31.9. The SMILES string of the molecule is CC1(C)c2c(-c3cccc(-c4cccc(-c5ccc(-c6ccccc6)cc5)c4)c3)nc(-c3cccc4ccccc34)nc2-c2c1c1ccccc1c1ccccc21. The van der Waals surface area contributed by atoms with Crippen LogP contribution in [0.15, 0.2) is 194 Å². The maximum atomic E-state index is 5.60. The monoisotopic (exact) mass is 726 g/mol. The van der Waals surface area contributed by atoms with Crippen LogP contribution in [0, 0.1) is 0 Å². The van der Waals surface area contributed by atoms with Gasteiger partial charge in [-0.15, -0.1) is 0 Å². The molecule has 0 aliphatic heterocycles. The van der Waals surface area contributed by atoms with Gasteiger partial charge in [0.2, 0.25) is 0 Å². The van der Waals surface area contributed by atoms with Crippen LogP contribution in [-0.2, 0) is 5.41 Å². The lowest BCUT2D eigenvalue weighted by Gasteiger charge is -2.25. The van der Waals surface area contributed by atoms with Gasteiger partial charge in [-0.3, -0.25) is 0 Å². The van der Waals surface area contributed by atoms with E-state index in [0.29, 0.717) is 0 Å². The van der Waals surface area contributed by atoms with Crippen LogP contribution in [0.2, 0.25) is 0 Å². The van der Waals surface area contributed by atoms with E-state index in [2.05, 4.69) is 208 Å². The molecule has 57 heavy (non-hydrogen) atoms. The third-order valence-electron chi connectivity index (χ3n) is 12.0. The van der Waals surface area contributed by atoms with Crippen LogP contribution in [0.1, 0.15) is 25.0 Å². The fraction of sp³-hybridized carbons (Fsp3) is 0.0545. The van der Waals surface area contributed by atoms with Crippen molar-refractivity contribution in [1.82, 2.24) is 9.97 Å². The van der Waals surface area contributed by atoms with E-state index in [0.717, 1.165) is 39.3 Å². The van der Waals surface area contributed by atoms with Crippen LogP contribution < -0.4 is 0 Å². The minimum absolute atomic E-state index is 0.372. The quantitative estimate of drug-likeness (QED) is 0.165. The van der Waals surface area contributed by atoms with Gasteiger partial charge in [0.1, 0.15) is 0 Å². The first-order valence-electron chi connectivity index (χ1n) is 19.7. The van der Waals surface area contributed by atoms with E-state index in [1.165, 1.54) is 71.4 Å². The molecule has 0 amide bonds. The number of hydrogen-bond donors (Lipinski definition) is 0. The molecule has 9 aromatic carbocycles. The van der Waals surface area contributed by atoms with Gasteiger partial charge in [0.05, 0.1) is 11.4 Å². The van der Waals surface area contributed by atoms with E-state index in [1.54, 1.807) is 0 Å². The summed E-state index contributed by atoms with van der Waals surface area (Å²) in [5, 5.41) is 7.35. The van der Waals surface area contributed by atoms with E-state index in [1.807, 2.05) is 0 Å². The summed E-state index contributed by atoms with van der Waals surface area (Å²) in [4.78, 5) is 11.2. The van der Waals surface area contributed by atoms with Gasteiger partial charge in [-0.25, -0.2) is 9.97 Å². The molecule has 1 aliphatic rings. The zero-order valence-corrected chi connectivity index (χ0v) is 31.9. The van der Waals surface area contributed by atoms with Crippen molar-refractivity contribution < 1.29 is 0 Å². The lowest BCUT2D eigenvalue weighted by atomic mass is 9.78. The fourth-order valence-corrected chi connectivity index (χ4v) is 9.35. The second kappa shape index (κ2) is 13.0. The summed E-state index contributed by atoms with van der Waals surface area (Å²) in [6, 6.07) is 70.0. The van der Waals surface area contributed by atoms with Gasteiger partial charge in [0.25, 0.3) is 0 Å². The summed E-state index contributed by atoms with van der Waals surface area (Å²) in [6.45, 7) is 4.72. The van der Waals surface area contributed by atoms with Gasteiger partial charge in [-0.05, 0) is 83.4 Å². The smallest absolute Gasteiger partial charge is 0.161 e. The van der Waals surface area contributed by atoms with Crippen LogP contribution in [0.4, 0.5) is 0 Å². The van der Waals surface area contributed by atoms with Crippen LogP contribution in [-0.4, -0.2) is 9.97 Å². The summed E-state index contributed by atoms with van der Waals surface area (Å²) in [5.74, 6) is 0.743. The Morgan fingerprint density at radius 1 is 0.333 bits per heavy atom. The highest BCUT2D eigenvalue weighted by molar-refractivity contribution is 6.18. The minimum atomic E-state index is -0.372. The highest BCUT2D eigenvalue weighted by Gasteiger charge is 2.42. The van der Waals surface area contributed by atoms with Gasteiger partial charge in [0, 0.05) is 27.7 Å². The normalized spacial score (nSPS) is 12.9. The van der Waals surface area contributed by atoms with Crippen LogP contribution in [0.25, 0.3) is 99.6 Å². The first kappa shape index (κ1) is 33.2. The molecule has 0 saturated heterocycles. The largest absolute Gasteiger partial charge is 0.228 e. The molecule has 1 aliphatic carbocycles. The van der Waals surface area contributed by atoms with Crippen molar-refractivity contribution in [3.05, 3.63) is 205 Å². The van der Waals surface area contributed by atoms with Crippen molar-refractivity contribution in [3.63, 3.8) is 0 Å². The predicted octanol–water partition coefficient (Wildman–Crippen LogP) is 14.6. The first-order chi connectivity index (χ1) is 28.0. The molecule has 0 bridgehead atoms. The van der Waals surface area contributed by atoms with Crippen molar-refractivity contribution in [2.45, 2.75) is 19.3 Å². The van der Waals surface area contributed by atoms with Gasteiger partial charge in [0.15, 0.2) is 5.82 Å². The number of benzene rings is 9. The number of hydrogen-bond acceptors (Lipinski definition) is 2.